The molecule has 3 amide bonds. The van der Waals surface area contributed by atoms with Crippen molar-refractivity contribution in [2.75, 3.05) is 26.2 Å². The van der Waals surface area contributed by atoms with E-state index in [0.29, 0.717) is 50.1 Å². The highest BCUT2D eigenvalue weighted by molar-refractivity contribution is 5.97. The average Bonchev–Trinajstić information content (AvgIpc) is 2.87. The van der Waals surface area contributed by atoms with E-state index in [2.05, 4.69) is 5.32 Å². The molecule has 0 aromatic heterocycles. The standard InChI is InChI=1S/C26H30FN3O3/c27-22-11-7-10-21(18-22)25(32)30-16-12-19(13-17-30)23(26(33)29-14-5-2-6-15-29)28-24(31)20-8-3-1-4-9-20/h1,3-4,7-11,18-19,23H,2,5-6,12-17H2,(H,28,31)/t23-/m1/s1. The van der Waals surface area contributed by atoms with Gasteiger partial charge in [0.2, 0.25) is 5.91 Å². The van der Waals surface area contributed by atoms with E-state index in [0.717, 1.165) is 19.3 Å². The molecule has 1 N–H and O–H groups in total. The molecule has 7 heteroatoms. The molecule has 0 aliphatic carbocycles. The van der Waals surface area contributed by atoms with Gasteiger partial charge >= 0.3 is 0 Å². The van der Waals surface area contributed by atoms with Crippen LogP contribution in [-0.4, -0.2) is 59.7 Å². The summed E-state index contributed by atoms with van der Waals surface area (Å²) in [4.78, 5) is 42.7. The molecule has 0 radical (unpaired) electrons. The summed E-state index contributed by atoms with van der Waals surface area (Å²) in [6.07, 6.45) is 4.27. The fourth-order valence-corrected chi connectivity index (χ4v) is 4.75. The molecule has 0 spiro atoms. The van der Waals surface area contributed by atoms with Gasteiger partial charge in [0.05, 0.1) is 0 Å². The second-order valence-electron chi connectivity index (χ2n) is 8.84. The molecule has 2 aliphatic rings. The van der Waals surface area contributed by atoms with E-state index in [1.54, 1.807) is 35.2 Å². The molecule has 1 atom stereocenters. The Labute approximate surface area is 193 Å². The van der Waals surface area contributed by atoms with E-state index < -0.39 is 11.9 Å². The SMILES string of the molecule is O=C(N[C@@H](C(=O)N1CCCCC1)C1CCN(C(=O)c2cccc(F)c2)CC1)c1ccccc1. The number of carbonyl (C=O) groups is 3. The first-order chi connectivity index (χ1) is 16.0. The number of benzene rings is 2. The van der Waals surface area contributed by atoms with Gasteiger partial charge in [-0.25, -0.2) is 4.39 Å². The minimum Gasteiger partial charge on any atom is -0.341 e. The van der Waals surface area contributed by atoms with Crippen LogP contribution in [0.1, 0.15) is 52.8 Å². The summed E-state index contributed by atoms with van der Waals surface area (Å²) in [6, 6.07) is 14.0. The normalized spacial score (nSPS) is 18.0. The molecule has 2 fully saturated rings. The van der Waals surface area contributed by atoms with Gasteiger partial charge in [0.1, 0.15) is 11.9 Å². The Morgan fingerprint density at radius 3 is 2.15 bits per heavy atom. The minimum absolute atomic E-state index is 0.0334. The van der Waals surface area contributed by atoms with E-state index in [1.165, 1.54) is 18.2 Å². The average molecular weight is 452 g/mol. The molecule has 2 aromatic rings. The van der Waals surface area contributed by atoms with Gasteiger partial charge < -0.3 is 15.1 Å². The Bertz CT molecular complexity index is 983. The van der Waals surface area contributed by atoms with Crippen LogP contribution in [0.5, 0.6) is 0 Å². The summed E-state index contributed by atoms with van der Waals surface area (Å²) in [5, 5.41) is 3.00. The topological polar surface area (TPSA) is 69.7 Å². The van der Waals surface area contributed by atoms with E-state index >= 15 is 0 Å². The lowest BCUT2D eigenvalue weighted by molar-refractivity contribution is -0.136. The summed E-state index contributed by atoms with van der Waals surface area (Å²) < 4.78 is 13.5. The number of piperidine rings is 2. The Morgan fingerprint density at radius 2 is 1.48 bits per heavy atom. The predicted octanol–water partition coefficient (Wildman–Crippen LogP) is 3.49. The third kappa shape index (κ3) is 5.59. The van der Waals surface area contributed by atoms with E-state index in [-0.39, 0.29) is 23.6 Å². The Balaban J connectivity index is 1.45. The molecule has 33 heavy (non-hydrogen) atoms. The molecule has 6 nitrogen and oxygen atoms in total. The number of likely N-dealkylation sites (tertiary alicyclic amines) is 2. The van der Waals surface area contributed by atoms with Crippen molar-refractivity contribution in [3.63, 3.8) is 0 Å². The summed E-state index contributed by atoms with van der Waals surface area (Å²) in [7, 11) is 0. The maximum absolute atomic E-state index is 13.5. The third-order valence-corrected chi connectivity index (χ3v) is 6.63. The maximum Gasteiger partial charge on any atom is 0.253 e. The van der Waals surface area contributed by atoms with Crippen molar-refractivity contribution in [2.45, 2.75) is 38.1 Å². The van der Waals surface area contributed by atoms with Gasteiger partial charge in [0, 0.05) is 37.3 Å². The fraction of sp³-hybridized carbons (Fsp3) is 0.423. The van der Waals surface area contributed by atoms with Crippen LogP contribution >= 0.6 is 0 Å². The lowest BCUT2D eigenvalue weighted by Crippen LogP contribution is -2.55. The molecule has 4 rings (SSSR count). The van der Waals surface area contributed by atoms with Crippen LogP contribution in [0.4, 0.5) is 4.39 Å². The largest absolute Gasteiger partial charge is 0.341 e. The Hall–Kier alpha value is -3.22. The first kappa shape index (κ1) is 23.0. The van der Waals surface area contributed by atoms with Crippen LogP contribution in [0.15, 0.2) is 54.6 Å². The lowest BCUT2D eigenvalue weighted by atomic mass is 9.87. The van der Waals surface area contributed by atoms with Crippen LogP contribution in [0.25, 0.3) is 0 Å². The second-order valence-corrected chi connectivity index (χ2v) is 8.84. The fourth-order valence-electron chi connectivity index (χ4n) is 4.75. The summed E-state index contributed by atoms with van der Waals surface area (Å²) in [5.41, 5.74) is 0.847. The molecular formula is C26H30FN3O3. The Kier molecular flexibility index (Phi) is 7.37. The highest BCUT2D eigenvalue weighted by atomic mass is 19.1. The monoisotopic (exact) mass is 451 g/mol. The number of carbonyl (C=O) groups excluding carboxylic acids is 3. The van der Waals surface area contributed by atoms with Crippen LogP contribution in [0.2, 0.25) is 0 Å². The van der Waals surface area contributed by atoms with Crippen LogP contribution in [0, 0.1) is 11.7 Å². The summed E-state index contributed by atoms with van der Waals surface area (Å²) in [6.45, 7) is 2.36. The smallest absolute Gasteiger partial charge is 0.253 e. The molecular weight excluding hydrogens is 421 g/mol. The summed E-state index contributed by atoms with van der Waals surface area (Å²) >= 11 is 0. The number of nitrogens with zero attached hydrogens (tertiary/aromatic N) is 2. The van der Waals surface area contributed by atoms with E-state index in [1.807, 2.05) is 11.0 Å². The first-order valence-electron chi connectivity index (χ1n) is 11.7. The zero-order chi connectivity index (χ0) is 23.2. The predicted molar refractivity (Wildman–Crippen MR) is 123 cm³/mol. The minimum atomic E-state index is -0.623. The molecule has 0 saturated carbocycles. The molecule has 2 saturated heterocycles. The highest BCUT2D eigenvalue weighted by Crippen LogP contribution is 2.25. The molecule has 2 aromatic carbocycles. The number of amides is 3. The zero-order valence-corrected chi connectivity index (χ0v) is 18.7. The van der Waals surface area contributed by atoms with Gasteiger partial charge in [-0.2, -0.15) is 0 Å². The van der Waals surface area contributed by atoms with Crippen molar-refractivity contribution in [1.29, 1.82) is 0 Å². The van der Waals surface area contributed by atoms with Crippen molar-refractivity contribution in [3.05, 3.63) is 71.5 Å². The van der Waals surface area contributed by atoms with Crippen molar-refractivity contribution in [2.24, 2.45) is 5.92 Å². The van der Waals surface area contributed by atoms with Crippen LogP contribution in [-0.2, 0) is 4.79 Å². The second kappa shape index (κ2) is 10.6. The molecule has 2 aliphatic heterocycles. The number of rotatable bonds is 5. The van der Waals surface area contributed by atoms with Crippen molar-refractivity contribution in [3.8, 4) is 0 Å². The third-order valence-electron chi connectivity index (χ3n) is 6.63. The van der Waals surface area contributed by atoms with Crippen LogP contribution < -0.4 is 5.32 Å². The highest BCUT2D eigenvalue weighted by Gasteiger charge is 2.36. The zero-order valence-electron chi connectivity index (χ0n) is 18.7. The molecule has 2 heterocycles. The van der Waals surface area contributed by atoms with Gasteiger partial charge in [0.15, 0.2) is 0 Å². The van der Waals surface area contributed by atoms with Crippen molar-refractivity contribution >= 4 is 17.7 Å². The van der Waals surface area contributed by atoms with Gasteiger partial charge in [0.25, 0.3) is 11.8 Å². The first-order valence-corrected chi connectivity index (χ1v) is 11.7. The summed E-state index contributed by atoms with van der Waals surface area (Å²) in [5.74, 6) is -1.01. The Morgan fingerprint density at radius 1 is 0.818 bits per heavy atom. The molecule has 174 valence electrons. The lowest BCUT2D eigenvalue weighted by Gasteiger charge is -2.38. The quantitative estimate of drug-likeness (QED) is 0.757. The molecule has 0 bridgehead atoms. The molecule has 0 unspecified atom stereocenters. The number of hydrogen-bond acceptors (Lipinski definition) is 3. The van der Waals surface area contributed by atoms with E-state index in [4.69, 9.17) is 0 Å². The van der Waals surface area contributed by atoms with Crippen LogP contribution in [0.3, 0.4) is 0 Å². The van der Waals surface area contributed by atoms with Gasteiger partial charge in [-0.3, -0.25) is 14.4 Å². The van der Waals surface area contributed by atoms with Gasteiger partial charge in [-0.15, -0.1) is 0 Å². The van der Waals surface area contributed by atoms with E-state index in [9.17, 15) is 18.8 Å². The van der Waals surface area contributed by atoms with Gasteiger partial charge in [-0.1, -0.05) is 24.3 Å². The number of nitrogens with one attached hydrogen (secondary N) is 1. The number of halogens is 1. The number of hydrogen-bond donors (Lipinski definition) is 1. The van der Waals surface area contributed by atoms with Crippen molar-refractivity contribution in [1.82, 2.24) is 15.1 Å². The van der Waals surface area contributed by atoms with Gasteiger partial charge in [-0.05, 0) is 68.4 Å². The maximum atomic E-state index is 13.5. The van der Waals surface area contributed by atoms with Crippen molar-refractivity contribution < 1.29 is 18.8 Å².